The van der Waals surface area contributed by atoms with Crippen LogP contribution in [0.1, 0.15) is 36.3 Å². The smallest absolute Gasteiger partial charge is 0.315 e. The van der Waals surface area contributed by atoms with Crippen LogP contribution >= 0.6 is 23.2 Å². The summed E-state index contributed by atoms with van der Waals surface area (Å²) in [6, 6.07) is 11.7. The largest absolute Gasteiger partial charge is 0.437 e. The molecule has 0 spiro atoms. The summed E-state index contributed by atoms with van der Waals surface area (Å²) in [5.41, 5.74) is -1.41. The molecule has 8 nitrogen and oxygen atoms in total. The van der Waals surface area contributed by atoms with E-state index in [1.165, 1.54) is 24.4 Å². The molecule has 1 saturated heterocycles. The third kappa shape index (κ3) is 5.36. The van der Waals surface area contributed by atoms with Crippen molar-refractivity contribution in [1.82, 2.24) is 25.1 Å². The average Bonchev–Trinajstić information content (AvgIpc) is 3.25. The minimum atomic E-state index is -4.77. The topological polar surface area (TPSA) is 99.0 Å². The van der Waals surface area contributed by atoms with E-state index in [9.17, 15) is 21.6 Å². The van der Waals surface area contributed by atoms with Gasteiger partial charge in [-0.15, -0.1) is 0 Å². The molecule has 3 heterocycles. The normalized spacial score (nSPS) is 16.3. The van der Waals surface area contributed by atoms with Crippen molar-refractivity contribution in [1.29, 1.82) is 0 Å². The molecule has 0 saturated carbocycles. The number of hydrogen-bond acceptors (Lipinski definition) is 7. The van der Waals surface area contributed by atoms with E-state index in [1.807, 2.05) is 0 Å². The van der Waals surface area contributed by atoms with Crippen LogP contribution in [0.4, 0.5) is 13.2 Å². The van der Waals surface area contributed by atoms with Crippen LogP contribution in [-0.4, -0.2) is 47.9 Å². The van der Waals surface area contributed by atoms with Crippen LogP contribution in [0.25, 0.3) is 11.2 Å². The minimum Gasteiger partial charge on any atom is -0.315 e. The fraction of sp³-hybridized carbons (Fsp3) is 0.320. The molecule has 1 N–H and O–H groups in total. The molecule has 1 aliphatic heterocycles. The van der Waals surface area contributed by atoms with E-state index in [1.54, 1.807) is 37.3 Å². The van der Waals surface area contributed by atoms with E-state index in [-0.39, 0.29) is 28.6 Å². The second-order valence-electron chi connectivity index (χ2n) is 9.28. The van der Waals surface area contributed by atoms with Gasteiger partial charge in [-0.2, -0.15) is 26.7 Å². The summed E-state index contributed by atoms with van der Waals surface area (Å²) in [6.45, 7) is 2.34. The van der Waals surface area contributed by atoms with Crippen LogP contribution in [0.2, 0.25) is 10.0 Å². The van der Waals surface area contributed by atoms with Gasteiger partial charge in [0.15, 0.2) is 11.3 Å². The number of rotatable bonds is 8. The van der Waals surface area contributed by atoms with E-state index in [0.717, 1.165) is 4.68 Å². The number of nitrogens with one attached hydrogen (secondary N) is 1. The second-order valence-corrected chi connectivity index (χ2v) is 11.7. The van der Waals surface area contributed by atoms with E-state index >= 15 is 0 Å². The van der Waals surface area contributed by atoms with Crippen LogP contribution in [0, 0.1) is 0 Å². The zero-order chi connectivity index (χ0) is 28.0. The van der Waals surface area contributed by atoms with Crippen molar-refractivity contribution in [3.8, 4) is 0 Å². The third-order valence-corrected chi connectivity index (χ3v) is 8.66. The monoisotopic (exact) mass is 599 g/mol. The molecule has 1 atom stereocenters. The SMILES string of the molecule is C[C@H](c1ccc(Cl)cc1Cl)n1nc(C(F)(F)F)c2ncc(C3(CCOS(=O)(=O)c4ccccc4)CNC3)nc21. The zero-order valence-electron chi connectivity index (χ0n) is 20.4. The lowest BCUT2D eigenvalue weighted by Gasteiger charge is -2.41. The number of fused-ring (bicyclic) bond motifs is 1. The van der Waals surface area contributed by atoms with Gasteiger partial charge in [0.2, 0.25) is 0 Å². The van der Waals surface area contributed by atoms with Gasteiger partial charge in [0.25, 0.3) is 10.1 Å². The van der Waals surface area contributed by atoms with Gasteiger partial charge in [0, 0.05) is 28.5 Å². The Morgan fingerprint density at radius 1 is 1.15 bits per heavy atom. The molecule has 206 valence electrons. The summed E-state index contributed by atoms with van der Waals surface area (Å²) in [6.07, 6.45) is -3.24. The third-order valence-electron chi connectivity index (χ3n) is 6.77. The van der Waals surface area contributed by atoms with E-state index < -0.39 is 39.0 Å². The van der Waals surface area contributed by atoms with E-state index in [0.29, 0.717) is 29.4 Å². The number of nitrogens with zero attached hydrogens (tertiary/aromatic N) is 4. The Morgan fingerprint density at radius 3 is 2.49 bits per heavy atom. The molecule has 0 radical (unpaired) electrons. The van der Waals surface area contributed by atoms with Crippen molar-refractivity contribution >= 4 is 44.5 Å². The fourth-order valence-electron chi connectivity index (χ4n) is 4.51. The number of hydrogen-bond donors (Lipinski definition) is 1. The van der Waals surface area contributed by atoms with Crippen LogP contribution in [-0.2, 0) is 25.9 Å². The number of benzene rings is 2. The quantitative estimate of drug-likeness (QED) is 0.271. The van der Waals surface area contributed by atoms with Gasteiger partial charge in [0.1, 0.15) is 5.52 Å². The summed E-state index contributed by atoms with van der Waals surface area (Å²) in [7, 11) is -3.97. The number of halogens is 5. The Balaban J connectivity index is 1.50. The Labute approximate surface area is 232 Å². The first-order chi connectivity index (χ1) is 18.4. The molecule has 39 heavy (non-hydrogen) atoms. The highest BCUT2D eigenvalue weighted by Crippen LogP contribution is 2.38. The summed E-state index contributed by atoms with van der Waals surface area (Å²) in [4.78, 5) is 8.75. The molecule has 5 rings (SSSR count). The highest BCUT2D eigenvalue weighted by Gasteiger charge is 2.43. The lowest BCUT2D eigenvalue weighted by Crippen LogP contribution is -2.57. The zero-order valence-corrected chi connectivity index (χ0v) is 22.7. The molecule has 0 unspecified atom stereocenters. The van der Waals surface area contributed by atoms with Gasteiger partial charge in [-0.3, -0.25) is 4.18 Å². The van der Waals surface area contributed by atoms with Crippen LogP contribution in [0.3, 0.4) is 0 Å². The van der Waals surface area contributed by atoms with Crippen molar-refractivity contribution in [2.75, 3.05) is 19.7 Å². The molecule has 1 aliphatic rings. The molecular weight excluding hydrogens is 578 g/mol. The maximum atomic E-state index is 13.9. The maximum absolute atomic E-state index is 13.9. The Morgan fingerprint density at radius 2 is 1.87 bits per heavy atom. The summed E-state index contributed by atoms with van der Waals surface area (Å²) in [5, 5.41) is 7.63. The Kier molecular flexibility index (Phi) is 7.36. The van der Waals surface area contributed by atoms with Gasteiger partial charge < -0.3 is 5.32 Å². The molecule has 4 aromatic rings. The highest BCUT2D eigenvalue weighted by atomic mass is 35.5. The van der Waals surface area contributed by atoms with Crippen molar-refractivity contribution in [2.45, 2.75) is 35.9 Å². The Bertz CT molecular complexity index is 1630. The molecule has 2 aromatic heterocycles. The van der Waals surface area contributed by atoms with E-state index in [2.05, 4.69) is 20.4 Å². The van der Waals surface area contributed by atoms with Crippen molar-refractivity contribution in [3.63, 3.8) is 0 Å². The average molecular weight is 600 g/mol. The first kappa shape index (κ1) is 27.8. The van der Waals surface area contributed by atoms with Crippen LogP contribution in [0.15, 0.2) is 59.6 Å². The van der Waals surface area contributed by atoms with Crippen molar-refractivity contribution in [2.24, 2.45) is 0 Å². The lowest BCUT2D eigenvalue weighted by molar-refractivity contribution is -0.140. The van der Waals surface area contributed by atoms with Crippen LogP contribution in [0.5, 0.6) is 0 Å². The Hall–Kier alpha value is -2.77. The predicted molar refractivity (Wildman–Crippen MR) is 139 cm³/mol. The number of aromatic nitrogens is 4. The maximum Gasteiger partial charge on any atom is 0.437 e. The van der Waals surface area contributed by atoms with Crippen molar-refractivity contribution < 1.29 is 25.8 Å². The van der Waals surface area contributed by atoms with E-state index in [4.69, 9.17) is 27.4 Å². The molecule has 14 heteroatoms. The molecule has 0 aliphatic carbocycles. The van der Waals surface area contributed by atoms with Gasteiger partial charge in [-0.25, -0.2) is 14.6 Å². The fourth-order valence-corrected chi connectivity index (χ4v) is 6.01. The van der Waals surface area contributed by atoms with Crippen molar-refractivity contribution in [3.05, 3.63) is 81.7 Å². The van der Waals surface area contributed by atoms with Gasteiger partial charge >= 0.3 is 6.18 Å². The molecule has 1 fully saturated rings. The number of alkyl halides is 3. The van der Waals surface area contributed by atoms with Gasteiger partial charge in [0.05, 0.1) is 29.4 Å². The summed E-state index contributed by atoms with van der Waals surface area (Å²) in [5.74, 6) is 0. The molecule has 0 bridgehead atoms. The van der Waals surface area contributed by atoms with Gasteiger partial charge in [-0.1, -0.05) is 47.5 Å². The predicted octanol–water partition coefficient (Wildman–Crippen LogP) is 5.40. The molecule has 2 aromatic carbocycles. The first-order valence-electron chi connectivity index (χ1n) is 11.8. The summed E-state index contributed by atoms with van der Waals surface area (Å²) < 4.78 is 73.1. The molecular formula is C25H22Cl2F3N5O3S. The first-order valence-corrected chi connectivity index (χ1v) is 14.0. The lowest BCUT2D eigenvalue weighted by atomic mass is 9.76. The standard InChI is InChI=1S/C25H22Cl2F3N5O3S/c1-15(18-8-7-16(26)11-19(18)27)35-23-21(22(34-35)25(28,29)30)32-12-20(33-23)24(13-31-14-24)9-10-38-39(36,37)17-5-3-2-4-6-17/h2-8,11-12,15,31H,9-10,13-14H2,1H3/t15-/m1/s1. The minimum absolute atomic E-state index is 0.0328. The second kappa shape index (κ2) is 10.3. The van der Waals surface area contributed by atoms with Gasteiger partial charge in [-0.05, 0) is 43.2 Å². The molecule has 0 amide bonds. The summed E-state index contributed by atoms with van der Waals surface area (Å²) >= 11 is 12.3. The highest BCUT2D eigenvalue weighted by molar-refractivity contribution is 7.86. The van der Waals surface area contributed by atoms with Crippen LogP contribution < -0.4 is 5.32 Å².